The lowest BCUT2D eigenvalue weighted by Gasteiger charge is -2.11. The third-order valence-corrected chi connectivity index (χ3v) is 6.15. The number of ether oxygens (including phenoxy) is 1. The highest BCUT2D eigenvalue weighted by molar-refractivity contribution is 6.30. The number of Topliss-reactive ketones (excluding diaryl/α,β-unsaturated/α-hetero) is 1. The number of rotatable bonds is 13. The summed E-state index contributed by atoms with van der Waals surface area (Å²) < 4.78 is 7.48. The third kappa shape index (κ3) is 7.27. The molecule has 2 aromatic carbocycles. The molecule has 0 unspecified atom stereocenters. The van der Waals surface area contributed by atoms with Gasteiger partial charge in [0.05, 0.1) is 23.8 Å². The van der Waals surface area contributed by atoms with Gasteiger partial charge in [0.1, 0.15) is 5.69 Å². The van der Waals surface area contributed by atoms with E-state index in [1.54, 1.807) is 36.9 Å². The molecule has 0 bridgehead atoms. The van der Waals surface area contributed by atoms with Gasteiger partial charge in [-0.2, -0.15) is 10.4 Å². The van der Waals surface area contributed by atoms with Gasteiger partial charge in [-0.15, -0.1) is 0 Å². The van der Waals surface area contributed by atoms with Crippen LogP contribution in [0, 0.1) is 17.2 Å². The van der Waals surface area contributed by atoms with Gasteiger partial charge in [0.25, 0.3) is 0 Å². The molecule has 0 saturated heterocycles. The van der Waals surface area contributed by atoms with Crippen molar-refractivity contribution in [3.63, 3.8) is 0 Å². The van der Waals surface area contributed by atoms with Gasteiger partial charge < -0.3 is 9.84 Å². The topological polar surface area (TPSA) is 105 Å². The first kappa shape index (κ1) is 27.1. The second-order valence-corrected chi connectivity index (χ2v) is 9.36. The van der Waals surface area contributed by atoms with Crippen molar-refractivity contribution in [3.05, 3.63) is 75.9 Å². The number of carboxylic acids is 1. The lowest BCUT2D eigenvalue weighted by atomic mass is 9.92. The summed E-state index contributed by atoms with van der Waals surface area (Å²) in [5.41, 5.74) is 3.76. The van der Waals surface area contributed by atoms with Gasteiger partial charge >= 0.3 is 5.97 Å². The second-order valence-electron chi connectivity index (χ2n) is 8.92. The highest BCUT2D eigenvalue weighted by atomic mass is 35.5. The smallest absolute Gasteiger partial charge is 0.303 e. The number of benzene rings is 2. The van der Waals surface area contributed by atoms with Crippen molar-refractivity contribution in [2.45, 2.75) is 45.6 Å². The number of aliphatic carboxylic acids is 1. The van der Waals surface area contributed by atoms with Gasteiger partial charge in [-0.1, -0.05) is 48.9 Å². The number of nitrogens with zero attached hydrogens (tertiary/aromatic N) is 3. The number of hydrogen-bond donors (Lipinski definition) is 1. The molecule has 1 N–H and O–H groups in total. The molecular weight excluding hydrogens is 478 g/mol. The van der Waals surface area contributed by atoms with Crippen LogP contribution in [-0.4, -0.2) is 33.2 Å². The van der Waals surface area contributed by atoms with Crippen LogP contribution >= 0.6 is 11.6 Å². The van der Waals surface area contributed by atoms with Crippen molar-refractivity contribution in [2.24, 2.45) is 13.0 Å². The number of carboxylic acid groups (broad SMARTS) is 1. The second kappa shape index (κ2) is 13.0. The maximum atomic E-state index is 13.4. The molecule has 0 spiro atoms. The number of halogens is 1. The Kier molecular flexibility index (Phi) is 9.80. The van der Waals surface area contributed by atoms with Crippen LogP contribution in [0.25, 0.3) is 11.3 Å². The molecule has 0 aliphatic heterocycles. The fraction of sp³-hybridized carbons (Fsp3) is 0.357. The van der Waals surface area contributed by atoms with Crippen LogP contribution in [0.15, 0.2) is 48.5 Å². The number of aryl methyl sites for hydroxylation is 1. The highest BCUT2D eigenvalue weighted by Crippen LogP contribution is 2.31. The van der Waals surface area contributed by atoms with Crippen LogP contribution in [0.1, 0.15) is 59.8 Å². The Balaban J connectivity index is 1.75. The largest absolute Gasteiger partial charge is 0.481 e. The minimum atomic E-state index is -0.936. The molecule has 0 radical (unpaired) electrons. The van der Waals surface area contributed by atoms with E-state index in [2.05, 4.69) is 11.2 Å². The first-order chi connectivity index (χ1) is 17.3. The summed E-state index contributed by atoms with van der Waals surface area (Å²) in [6.45, 7) is 2.79. The first-order valence-electron chi connectivity index (χ1n) is 11.9. The number of hydrogen-bond acceptors (Lipinski definition) is 5. The van der Waals surface area contributed by atoms with Crippen LogP contribution < -0.4 is 0 Å². The lowest BCUT2D eigenvalue weighted by molar-refractivity contribution is -0.137. The van der Waals surface area contributed by atoms with Crippen LogP contribution in [-0.2, 0) is 29.6 Å². The van der Waals surface area contributed by atoms with Gasteiger partial charge in [-0.25, -0.2) is 0 Å². The van der Waals surface area contributed by atoms with E-state index in [-0.39, 0.29) is 24.5 Å². The van der Waals surface area contributed by atoms with Crippen molar-refractivity contribution in [3.8, 4) is 17.3 Å². The van der Waals surface area contributed by atoms with E-state index in [0.717, 1.165) is 24.1 Å². The molecule has 0 aliphatic carbocycles. The normalized spacial score (nSPS) is 11.7. The molecule has 0 aliphatic rings. The molecule has 0 fully saturated rings. The van der Waals surface area contributed by atoms with Gasteiger partial charge in [0.2, 0.25) is 0 Å². The van der Waals surface area contributed by atoms with Gasteiger partial charge in [-0.3, -0.25) is 14.3 Å². The van der Waals surface area contributed by atoms with Crippen molar-refractivity contribution in [2.75, 3.05) is 6.61 Å². The number of carbonyl (C=O) groups is 2. The number of aromatic nitrogens is 2. The number of carbonyl (C=O) groups excluding carboxylic acids is 1. The quantitative estimate of drug-likeness (QED) is 0.230. The van der Waals surface area contributed by atoms with Crippen LogP contribution in [0.4, 0.5) is 0 Å². The highest BCUT2D eigenvalue weighted by Gasteiger charge is 2.26. The van der Waals surface area contributed by atoms with E-state index in [1.807, 2.05) is 30.3 Å². The zero-order chi connectivity index (χ0) is 26.1. The Morgan fingerprint density at radius 3 is 2.67 bits per heavy atom. The minimum absolute atomic E-state index is 0.0879. The minimum Gasteiger partial charge on any atom is -0.481 e. The monoisotopic (exact) mass is 507 g/mol. The Morgan fingerprint density at radius 2 is 1.94 bits per heavy atom. The van der Waals surface area contributed by atoms with Crippen molar-refractivity contribution >= 4 is 23.4 Å². The molecule has 36 heavy (non-hydrogen) atoms. The molecule has 7 nitrogen and oxygen atoms in total. The Morgan fingerprint density at radius 1 is 1.17 bits per heavy atom. The van der Waals surface area contributed by atoms with Crippen molar-refractivity contribution in [1.29, 1.82) is 5.26 Å². The number of unbranched alkanes of at least 4 members (excludes halogenated alkanes) is 1. The average molecular weight is 508 g/mol. The van der Waals surface area contributed by atoms with Gasteiger partial charge in [0.15, 0.2) is 5.78 Å². The fourth-order valence-corrected chi connectivity index (χ4v) is 4.43. The molecule has 1 aromatic heterocycles. The van der Waals surface area contributed by atoms with Crippen LogP contribution in [0.5, 0.6) is 0 Å². The molecule has 0 saturated carbocycles. The van der Waals surface area contributed by atoms with Gasteiger partial charge in [0, 0.05) is 42.8 Å². The van der Waals surface area contributed by atoms with Crippen molar-refractivity contribution < 1.29 is 19.4 Å². The first-order valence-corrected chi connectivity index (χ1v) is 12.3. The summed E-state index contributed by atoms with van der Waals surface area (Å²) in [6, 6.07) is 16.8. The molecular formula is C28H30ClN3O4. The summed E-state index contributed by atoms with van der Waals surface area (Å²) in [7, 11) is 1.79. The predicted molar refractivity (Wildman–Crippen MR) is 138 cm³/mol. The maximum absolute atomic E-state index is 13.4. The average Bonchev–Trinajstić information content (AvgIpc) is 3.16. The molecule has 1 heterocycles. The standard InChI is InChI=1S/C28H30ClN3O4/c1-19(15-26(34)35)14-25(33)27-24(12-5-6-13-36-18-20-8-7-10-22(29)16-20)32(2)31-28(27)23-11-4-3-9-21(23)17-30/h3-4,7-11,16,19H,5-6,12-15,18H2,1-2H3,(H,34,35)/t19-/m0/s1. The summed E-state index contributed by atoms with van der Waals surface area (Å²) in [6.07, 6.45) is 2.18. The third-order valence-electron chi connectivity index (χ3n) is 5.91. The lowest BCUT2D eigenvalue weighted by Crippen LogP contribution is -2.13. The molecule has 3 aromatic rings. The summed E-state index contributed by atoms with van der Waals surface area (Å²) in [5.74, 6) is -1.41. The van der Waals surface area contributed by atoms with E-state index in [0.29, 0.717) is 47.0 Å². The Hall–Kier alpha value is -3.47. The van der Waals surface area contributed by atoms with Crippen LogP contribution in [0.3, 0.4) is 0 Å². The molecule has 1 atom stereocenters. The Labute approximate surface area is 216 Å². The maximum Gasteiger partial charge on any atom is 0.303 e. The fourth-order valence-electron chi connectivity index (χ4n) is 4.22. The van der Waals surface area contributed by atoms with E-state index in [4.69, 9.17) is 21.4 Å². The summed E-state index contributed by atoms with van der Waals surface area (Å²) in [4.78, 5) is 24.5. The zero-order valence-electron chi connectivity index (χ0n) is 20.5. The van der Waals surface area contributed by atoms with E-state index in [1.165, 1.54) is 0 Å². The van der Waals surface area contributed by atoms with Crippen LogP contribution in [0.2, 0.25) is 5.02 Å². The zero-order valence-corrected chi connectivity index (χ0v) is 21.3. The SMILES string of the molecule is C[C@H](CC(=O)O)CC(=O)c1c(-c2ccccc2C#N)nn(C)c1CCCCOCc1cccc(Cl)c1. The van der Waals surface area contributed by atoms with E-state index in [9.17, 15) is 14.9 Å². The molecule has 188 valence electrons. The van der Waals surface area contributed by atoms with E-state index < -0.39 is 5.97 Å². The predicted octanol–water partition coefficient (Wildman–Crippen LogP) is 5.84. The van der Waals surface area contributed by atoms with Crippen molar-refractivity contribution in [1.82, 2.24) is 9.78 Å². The Bertz CT molecular complexity index is 1260. The summed E-state index contributed by atoms with van der Waals surface area (Å²) >= 11 is 6.01. The van der Waals surface area contributed by atoms with Gasteiger partial charge in [-0.05, 0) is 48.9 Å². The molecule has 8 heteroatoms. The van der Waals surface area contributed by atoms with E-state index >= 15 is 0 Å². The summed E-state index contributed by atoms with van der Waals surface area (Å²) in [5, 5.41) is 24.0. The molecule has 3 rings (SSSR count). The number of nitriles is 1. The number of ketones is 1. The molecule has 0 amide bonds.